The first kappa shape index (κ1) is 30.6. The van der Waals surface area contributed by atoms with Crippen LogP contribution in [-0.4, -0.2) is 53.1 Å². The van der Waals surface area contributed by atoms with Crippen molar-refractivity contribution in [3.05, 3.63) is 163 Å². The number of hydrogen-bond donors (Lipinski definition) is 2. The Labute approximate surface area is 267 Å². The normalized spacial score (nSPS) is 14.4. The molecule has 2 N–H and O–H groups in total. The maximum absolute atomic E-state index is 13.1. The second-order valence-corrected chi connectivity index (χ2v) is 11.5. The van der Waals surface area contributed by atoms with Gasteiger partial charge in [-0.2, -0.15) is 0 Å². The molecule has 46 heavy (non-hydrogen) atoms. The zero-order valence-electron chi connectivity index (χ0n) is 25.9. The van der Waals surface area contributed by atoms with E-state index >= 15 is 0 Å². The van der Waals surface area contributed by atoms with Crippen molar-refractivity contribution in [1.82, 2.24) is 14.5 Å². The number of carbonyl (C=O) groups excluding carboxylic acids is 1. The van der Waals surface area contributed by atoms with Gasteiger partial charge in [-0.3, -0.25) is 19.3 Å². The molecule has 0 saturated carbocycles. The van der Waals surface area contributed by atoms with Gasteiger partial charge >= 0.3 is 0 Å². The molecule has 8 nitrogen and oxygen atoms in total. The summed E-state index contributed by atoms with van der Waals surface area (Å²) in [6, 6.07) is 34.9. The SMILES string of the molecule is Cn1c(=O)c(=Cc2cccc(C(=O)Nc3ccc(CCN4CCN(c5ccccc5)CC4)cc3)c2)[nH]c(=O)c1=Cc1ccccc1. The number of carbonyl (C=O) groups is 1. The molecule has 1 saturated heterocycles. The first-order valence-electron chi connectivity index (χ1n) is 15.5. The molecule has 1 aliphatic rings. The summed E-state index contributed by atoms with van der Waals surface area (Å²) < 4.78 is 1.34. The maximum Gasteiger partial charge on any atom is 0.274 e. The molecule has 1 aliphatic heterocycles. The van der Waals surface area contributed by atoms with Gasteiger partial charge in [0.2, 0.25) is 0 Å². The Morgan fingerprint density at radius 1 is 0.783 bits per heavy atom. The average Bonchev–Trinajstić information content (AvgIpc) is 3.10. The van der Waals surface area contributed by atoms with Crippen molar-refractivity contribution < 1.29 is 4.79 Å². The molecule has 0 atom stereocenters. The molecule has 8 heteroatoms. The highest BCUT2D eigenvalue weighted by Gasteiger charge is 2.17. The predicted octanol–water partition coefficient (Wildman–Crippen LogP) is 3.35. The number of amides is 1. The van der Waals surface area contributed by atoms with Crippen LogP contribution in [0.4, 0.5) is 11.4 Å². The second-order valence-electron chi connectivity index (χ2n) is 11.5. The van der Waals surface area contributed by atoms with Crippen LogP contribution in [0.1, 0.15) is 27.0 Å². The molecule has 0 aliphatic carbocycles. The third-order valence-corrected chi connectivity index (χ3v) is 8.36. The second kappa shape index (κ2) is 14.1. The van der Waals surface area contributed by atoms with Crippen molar-refractivity contribution in [2.75, 3.05) is 42.9 Å². The number of rotatable bonds is 8. The first-order valence-corrected chi connectivity index (χ1v) is 15.5. The number of para-hydroxylation sites is 1. The molecule has 4 aromatic carbocycles. The fourth-order valence-corrected chi connectivity index (χ4v) is 5.70. The third-order valence-electron chi connectivity index (χ3n) is 8.36. The van der Waals surface area contributed by atoms with Crippen LogP contribution in [0.15, 0.2) is 119 Å². The van der Waals surface area contributed by atoms with E-state index in [2.05, 4.69) is 62.6 Å². The molecular formula is C38H37N5O3. The number of nitrogens with zero attached hydrogens (tertiary/aromatic N) is 3. The number of H-pyrrole nitrogens is 1. The molecule has 5 aromatic rings. The predicted molar refractivity (Wildman–Crippen MR) is 185 cm³/mol. The van der Waals surface area contributed by atoms with Gasteiger partial charge in [0.25, 0.3) is 17.0 Å². The minimum absolute atomic E-state index is 0.143. The molecule has 1 fully saturated rings. The van der Waals surface area contributed by atoms with Gasteiger partial charge in [-0.15, -0.1) is 0 Å². The fourth-order valence-electron chi connectivity index (χ4n) is 5.70. The van der Waals surface area contributed by atoms with E-state index < -0.39 is 0 Å². The van der Waals surface area contributed by atoms with Gasteiger partial charge in [-0.05, 0) is 71.7 Å². The Hall–Kier alpha value is -5.47. The lowest BCUT2D eigenvalue weighted by Gasteiger charge is -2.36. The van der Waals surface area contributed by atoms with E-state index in [0.717, 1.165) is 44.7 Å². The van der Waals surface area contributed by atoms with Crippen LogP contribution in [0.3, 0.4) is 0 Å². The lowest BCUT2D eigenvalue weighted by atomic mass is 10.1. The lowest BCUT2D eigenvalue weighted by Crippen LogP contribution is -2.52. The highest BCUT2D eigenvalue weighted by atomic mass is 16.2. The number of nitrogens with one attached hydrogen (secondary N) is 2. The summed E-state index contributed by atoms with van der Waals surface area (Å²) in [7, 11) is 1.58. The summed E-state index contributed by atoms with van der Waals surface area (Å²) in [5.74, 6) is -0.256. The molecule has 6 rings (SSSR count). The molecular weight excluding hydrogens is 574 g/mol. The Balaban J connectivity index is 1.07. The summed E-state index contributed by atoms with van der Waals surface area (Å²) in [5.41, 5.74) is 4.40. The number of aromatic nitrogens is 2. The van der Waals surface area contributed by atoms with Crippen LogP contribution >= 0.6 is 0 Å². The fraction of sp³-hybridized carbons (Fsp3) is 0.184. The van der Waals surface area contributed by atoms with E-state index in [-0.39, 0.29) is 27.7 Å². The van der Waals surface area contributed by atoms with E-state index in [4.69, 9.17) is 0 Å². The Kier molecular flexibility index (Phi) is 9.36. The minimum Gasteiger partial charge on any atom is -0.369 e. The number of benzene rings is 4. The molecule has 2 heterocycles. The van der Waals surface area contributed by atoms with Crippen molar-refractivity contribution in [3.63, 3.8) is 0 Å². The number of hydrogen-bond acceptors (Lipinski definition) is 5. The van der Waals surface area contributed by atoms with Gasteiger partial charge in [-0.1, -0.05) is 72.8 Å². The van der Waals surface area contributed by atoms with Gasteiger partial charge in [0.05, 0.1) is 0 Å². The van der Waals surface area contributed by atoms with Gasteiger partial charge in [0, 0.05) is 56.7 Å². The van der Waals surface area contributed by atoms with Crippen LogP contribution in [-0.2, 0) is 13.5 Å². The molecule has 0 bridgehead atoms. The standard InChI is InChI=1S/C38H37N5O3/c1-41-35(27-29-9-4-2-5-10-29)37(45)40-34(38(41)46)26-30-11-8-12-31(25-30)36(44)39-32-17-15-28(16-18-32)19-20-42-21-23-43(24-22-42)33-13-6-3-7-14-33/h2-18,25-27H,19-24H2,1H3,(H,39,44)(H,40,45). The van der Waals surface area contributed by atoms with Gasteiger partial charge in [0.1, 0.15) is 10.7 Å². The Morgan fingerprint density at radius 3 is 2.17 bits per heavy atom. The molecule has 0 spiro atoms. The van der Waals surface area contributed by atoms with E-state index in [1.807, 2.05) is 42.5 Å². The van der Waals surface area contributed by atoms with E-state index in [0.29, 0.717) is 16.8 Å². The molecule has 1 aromatic heterocycles. The van der Waals surface area contributed by atoms with Crippen LogP contribution in [0.25, 0.3) is 12.2 Å². The van der Waals surface area contributed by atoms with Crippen molar-refractivity contribution in [3.8, 4) is 0 Å². The first-order chi connectivity index (χ1) is 22.4. The topological polar surface area (TPSA) is 90.4 Å². The highest BCUT2D eigenvalue weighted by Crippen LogP contribution is 2.17. The average molecular weight is 612 g/mol. The zero-order chi connectivity index (χ0) is 31.9. The summed E-state index contributed by atoms with van der Waals surface area (Å²) in [6.07, 6.45) is 4.21. The Morgan fingerprint density at radius 2 is 1.46 bits per heavy atom. The summed E-state index contributed by atoms with van der Waals surface area (Å²) >= 11 is 0. The summed E-state index contributed by atoms with van der Waals surface area (Å²) in [6.45, 7) is 5.15. The van der Waals surface area contributed by atoms with E-state index in [1.165, 1.54) is 15.8 Å². The summed E-state index contributed by atoms with van der Waals surface area (Å²) in [4.78, 5) is 46.7. The highest BCUT2D eigenvalue weighted by molar-refractivity contribution is 6.04. The zero-order valence-corrected chi connectivity index (χ0v) is 25.9. The number of piperazine rings is 1. The van der Waals surface area contributed by atoms with Crippen LogP contribution in [0.5, 0.6) is 0 Å². The van der Waals surface area contributed by atoms with Gasteiger partial charge < -0.3 is 19.8 Å². The summed E-state index contributed by atoms with van der Waals surface area (Å²) in [5, 5.41) is 3.37. The van der Waals surface area contributed by atoms with Crippen molar-refractivity contribution >= 4 is 29.4 Å². The van der Waals surface area contributed by atoms with E-state index in [9.17, 15) is 14.4 Å². The smallest absolute Gasteiger partial charge is 0.274 e. The van der Waals surface area contributed by atoms with Crippen molar-refractivity contribution in [2.24, 2.45) is 7.05 Å². The maximum atomic E-state index is 13.1. The largest absolute Gasteiger partial charge is 0.369 e. The minimum atomic E-state index is -0.375. The molecule has 1 amide bonds. The van der Waals surface area contributed by atoms with Gasteiger partial charge in [-0.25, -0.2) is 0 Å². The number of aromatic amines is 1. The van der Waals surface area contributed by atoms with E-state index in [1.54, 1.807) is 43.5 Å². The Bertz CT molecular complexity index is 2040. The van der Waals surface area contributed by atoms with Crippen LogP contribution < -0.4 is 32.0 Å². The van der Waals surface area contributed by atoms with Crippen molar-refractivity contribution in [1.29, 1.82) is 0 Å². The van der Waals surface area contributed by atoms with Gasteiger partial charge in [0.15, 0.2) is 0 Å². The molecule has 0 unspecified atom stereocenters. The molecule has 232 valence electrons. The lowest BCUT2D eigenvalue weighted by molar-refractivity contribution is 0.102. The monoisotopic (exact) mass is 611 g/mol. The molecule has 0 radical (unpaired) electrons. The van der Waals surface area contributed by atoms with Crippen molar-refractivity contribution in [2.45, 2.75) is 6.42 Å². The van der Waals surface area contributed by atoms with Crippen LogP contribution in [0, 0.1) is 0 Å². The third kappa shape index (κ3) is 7.42. The quantitative estimate of drug-likeness (QED) is 0.281. The van der Waals surface area contributed by atoms with Crippen LogP contribution in [0.2, 0.25) is 0 Å². The number of anilines is 2.